The molecule has 0 spiro atoms. The molecule has 110 valence electrons. The van der Waals surface area contributed by atoms with E-state index in [1.807, 2.05) is 0 Å². The molecule has 0 fully saturated rings. The van der Waals surface area contributed by atoms with Crippen molar-refractivity contribution in [3.05, 3.63) is 0 Å². The fourth-order valence-corrected chi connectivity index (χ4v) is 1.46. The highest BCUT2D eigenvalue weighted by molar-refractivity contribution is 4.71. The summed E-state index contributed by atoms with van der Waals surface area (Å²) in [6, 6.07) is 0. The van der Waals surface area contributed by atoms with Crippen molar-refractivity contribution in [1.82, 2.24) is 5.32 Å². The Balaban J connectivity index is 3.40. The quantitative estimate of drug-likeness (QED) is 0.545. The molecule has 0 saturated carbocycles. The van der Waals surface area contributed by atoms with Crippen LogP contribution in [0.4, 0.5) is 0 Å². The number of hydrogen-bond donors (Lipinski definition) is 1. The zero-order chi connectivity index (χ0) is 13.9. The van der Waals surface area contributed by atoms with Gasteiger partial charge in [-0.15, -0.1) is 0 Å². The summed E-state index contributed by atoms with van der Waals surface area (Å²) in [7, 11) is 1.67. The Labute approximate surface area is 112 Å². The summed E-state index contributed by atoms with van der Waals surface area (Å²) in [5.74, 6) is 0.691. The minimum atomic E-state index is 0.168. The number of hydrogen-bond acceptors (Lipinski definition) is 4. The Kier molecular flexibility index (Phi) is 10.6. The fraction of sp³-hybridized carbons (Fsp3) is 1.00. The molecule has 0 rings (SSSR count). The SMILES string of the molecule is COCCOCCOCC(C)(C)CNCC(C)C. The van der Waals surface area contributed by atoms with Crippen LogP contribution in [0.5, 0.6) is 0 Å². The average Bonchev–Trinajstić information content (AvgIpc) is 2.27. The summed E-state index contributed by atoms with van der Waals surface area (Å²) in [5, 5.41) is 3.47. The number of methoxy groups -OCH3 is 1. The maximum Gasteiger partial charge on any atom is 0.0701 e. The van der Waals surface area contributed by atoms with E-state index in [4.69, 9.17) is 14.2 Å². The molecule has 0 aliphatic carbocycles. The van der Waals surface area contributed by atoms with Crippen molar-refractivity contribution in [1.29, 1.82) is 0 Å². The molecule has 0 amide bonds. The third kappa shape index (κ3) is 12.3. The van der Waals surface area contributed by atoms with E-state index in [1.165, 1.54) is 0 Å². The molecule has 1 N–H and O–H groups in total. The highest BCUT2D eigenvalue weighted by atomic mass is 16.5. The van der Waals surface area contributed by atoms with Crippen molar-refractivity contribution >= 4 is 0 Å². The molecule has 0 unspecified atom stereocenters. The van der Waals surface area contributed by atoms with E-state index in [0.717, 1.165) is 19.7 Å². The maximum absolute atomic E-state index is 5.63. The Hall–Kier alpha value is -0.160. The normalized spacial score (nSPS) is 12.3. The molecule has 0 aromatic rings. The molecule has 0 atom stereocenters. The van der Waals surface area contributed by atoms with Gasteiger partial charge in [0.2, 0.25) is 0 Å². The first-order valence-electron chi connectivity index (χ1n) is 6.83. The van der Waals surface area contributed by atoms with Crippen molar-refractivity contribution in [3.63, 3.8) is 0 Å². The van der Waals surface area contributed by atoms with Gasteiger partial charge in [0, 0.05) is 19.1 Å². The largest absolute Gasteiger partial charge is 0.382 e. The molecule has 0 aliphatic heterocycles. The summed E-state index contributed by atoms with van der Waals surface area (Å²) in [6.45, 7) is 14.2. The van der Waals surface area contributed by atoms with Crippen molar-refractivity contribution in [3.8, 4) is 0 Å². The van der Waals surface area contributed by atoms with Crippen molar-refractivity contribution in [2.45, 2.75) is 27.7 Å². The van der Waals surface area contributed by atoms with Gasteiger partial charge in [-0.05, 0) is 12.5 Å². The lowest BCUT2D eigenvalue weighted by Crippen LogP contribution is -2.35. The molecular weight excluding hydrogens is 230 g/mol. The smallest absolute Gasteiger partial charge is 0.0701 e. The van der Waals surface area contributed by atoms with Crippen LogP contribution in [0.2, 0.25) is 0 Å². The first-order valence-corrected chi connectivity index (χ1v) is 6.83. The van der Waals surface area contributed by atoms with Crippen molar-refractivity contribution in [2.24, 2.45) is 11.3 Å². The molecule has 0 aromatic heterocycles. The predicted molar refractivity (Wildman–Crippen MR) is 75.0 cm³/mol. The summed E-state index contributed by atoms with van der Waals surface area (Å²) in [6.07, 6.45) is 0. The first-order chi connectivity index (χ1) is 8.48. The third-order valence-corrected chi connectivity index (χ3v) is 2.45. The predicted octanol–water partition coefficient (Wildman–Crippen LogP) is 1.94. The maximum atomic E-state index is 5.63. The van der Waals surface area contributed by atoms with Gasteiger partial charge in [0.15, 0.2) is 0 Å². The van der Waals surface area contributed by atoms with Gasteiger partial charge in [0.1, 0.15) is 0 Å². The van der Waals surface area contributed by atoms with Crippen LogP contribution in [0.25, 0.3) is 0 Å². The monoisotopic (exact) mass is 261 g/mol. The van der Waals surface area contributed by atoms with Crippen molar-refractivity contribution < 1.29 is 14.2 Å². The number of rotatable bonds is 12. The number of ether oxygens (including phenoxy) is 3. The van der Waals surface area contributed by atoms with Crippen LogP contribution in [-0.4, -0.2) is 53.2 Å². The highest BCUT2D eigenvalue weighted by Gasteiger charge is 2.17. The van der Waals surface area contributed by atoms with E-state index < -0.39 is 0 Å². The molecule has 0 aliphatic rings. The highest BCUT2D eigenvalue weighted by Crippen LogP contribution is 2.13. The zero-order valence-corrected chi connectivity index (χ0v) is 12.8. The third-order valence-electron chi connectivity index (χ3n) is 2.45. The summed E-state index contributed by atoms with van der Waals surface area (Å²) >= 11 is 0. The Morgan fingerprint density at radius 3 is 2.22 bits per heavy atom. The van der Waals surface area contributed by atoms with E-state index >= 15 is 0 Å². The molecule has 18 heavy (non-hydrogen) atoms. The number of nitrogens with one attached hydrogen (secondary N) is 1. The Morgan fingerprint density at radius 2 is 1.61 bits per heavy atom. The summed E-state index contributed by atoms with van der Waals surface area (Å²) < 4.78 is 15.9. The Morgan fingerprint density at radius 1 is 1.00 bits per heavy atom. The van der Waals surface area contributed by atoms with Crippen LogP contribution in [0.3, 0.4) is 0 Å². The van der Waals surface area contributed by atoms with E-state index in [-0.39, 0.29) is 5.41 Å². The molecule has 0 heterocycles. The van der Waals surface area contributed by atoms with Crippen LogP contribution in [0, 0.1) is 11.3 Å². The first kappa shape index (κ1) is 17.8. The molecule has 0 saturated heterocycles. The zero-order valence-electron chi connectivity index (χ0n) is 12.8. The minimum Gasteiger partial charge on any atom is -0.382 e. The van der Waals surface area contributed by atoms with Crippen LogP contribution in [0.15, 0.2) is 0 Å². The van der Waals surface area contributed by atoms with Crippen molar-refractivity contribution in [2.75, 3.05) is 53.2 Å². The van der Waals surface area contributed by atoms with Crippen LogP contribution in [-0.2, 0) is 14.2 Å². The van der Waals surface area contributed by atoms with E-state index in [9.17, 15) is 0 Å². The molecule has 0 aromatic carbocycles. The minimum absolute atomic E-state index is 0.168. The average molecular weight is 261 g/mol. The fourth-order valence-electron chi connectivity index (χ4n) is 1.46. The van der Waals surface area contributed by atoms with Gasteiger partial charge in [0.05, 0.1) is 33.0 Å². The molecule has 0 bridgehead atoms. The lowest BCUT2D eigenvalue weighted by atomic mass is 9.94. The molecule has 4 nitrogen and oxygen atoms in total. The van der Waals surface area contributed by atoms with Gasteiger partial charge in [-0.3, -0.25) is 0 Å². The molecular formula is C14H31NO3. The topological polar surface area (TPSA) is 39.7 Å². The van der Waals surface area contributed by atoms with Crippen LogP contribution >= 0.6 is 0 Å². The van der Waals surface area contributed by atoms with Crippen LogP contribution in [0.1, 0.15) is 27.7 Å². The summed E-state index contributed by atoms with van der Waals surface area (Å²) in [5.41, 5.74) is 0.168. The second-order valence-electron chi connectivity index (χ2n) is 5.85. The van der Waals surface area contributed by atoms with Gasteiger partial charge in [-0.25, -0.2) is 0 Å². The van der Waals surface area contributed by atoms with Gasteiger partial charge < -0.3 is 19.5 Å². The van der Waals surface area contributed by atoms with Crippen LogP contribution < -0.4 is 5.32 Å². The van der Waals surface area contributed by atoms with Gasteiger partial charge >= 0.3 is 0 Å². The summed E-state index contributed by atoms with van der Waals surface area (Å²) in [4.78, 5) is 0. The van der Waals surface area contributed by atoms with E-state index in [1.54, 1.807) is 7.11 Å². The molecule has 0 radical (unpaired) electrons. The molecule has 4 heteroatoms. The van der Waals surface area contributed by atoms with Gasteiger partial charge in [0.25, 0.3) is 0 Å². The second kappa shape index (κ2) is 10.7. The lowest BCUT2D eigenvalue weighted by molar-refractivity contribution is 0.00245. The standard InChI is InChI=1S/C14H31NO3/c1-13(2)10-15-11-14(3,4)12-18-9-8-17-7-6-16-5/h13,15H,6-12H2,1-5H3. The van der Waals surface area contributed by atoms with E-state index in [2.05, 4.69) is 33.0 Å². The second-order valence-corrected chi connectivity index (χ2v) is 5.85. The van der Waals surface area contributed by atoms with E-state index in [0.29, 0.717) is 32.3 Å². The Bertz CT molecular complexity index is 184. The van der Waals surface area contributed by atoms with Gasteiger partial charge in [-0.2, -0.15) is 0 Å². The lowest BCUT2D eigenvalue weighted by Gasteiger charge is -2.25. The van der Waals surface area contributed by atoms with Gasteiger partial charge in [-0.1, -0.05) is 27.7 Å².